The molecule has 35 heavy (non-hydrogen) atoms. The van der Waals surface area contributed by atoms with Crippen molar-refractivity contribution in [2.24, 2.45) is 0 Å². The molecule has 0 aliphatic carbocycles. The Morgan fingerprint density at radius 3 is 2.54 bits per heavy atom. The standard InChI is InChI=1S/C24H21FN6O4/c1-3-35-12-6-11-29-14(2)26-22-20(24(29)32)21-23(28-18-8-5-4-7-17(18)27-21)30(22)15-9-10-16(25)19(13-15)31(33)34/h4-5,7-10,13H,3,6,11-12H2,1-2H3. The number of ether oxygens (including phenoxy) is 1. The minimum absolute atomic E-state index is 0.243. The lowest BCUT2D eigenvalue weighted by atomic mass is 10.2. The van der Waals surface area contributed by atoms with Crippen molar-refractivity contribution in [2.45, 2.75) is 26.8 Å². The summed E-state index contributed by atoms with van der Waals surface area (Å²) in [7, 11) is 0. The number of aromatic nitrogens is 5. The quantitative estimate of drug-likeness (QED) is 0.197. The molecule has 0 amide bonds. The van der Waals surface area contributed by atoms with E-state index in [1.54, 1.807) is 23.6 Å². The fourth-order valence-corrected chi connectivity index (χ4v) is 4.19. The van der Waals surface area contributed by atoms with E-state index in [1.165, 1.54) is 10.6 Å². The van der Waals surface area contributed by atoms with Gasteiger partial charge in [-0.15, -0.1) is 0 Å². The van der Waals surface area contributed by atoms with Gasteiger partial charge in [0.15, 0.2) is 11.3 Å². The van der Waals surface area contributed by atoms with E-state index in [0.29, 0.717) is 54.2 Å². The van der Waals surface area contributed by atoms with Crippen LogP contribution in [0.2, 0.25) is 0 Å². The smallest absolute Gasteiger partial charge is 0.306 e. The second-order valence-corrected chi connectivity index (χ2v) is 7.98. The fraction of sp³-hybridized carbons (Fsp3) is 0.250. The minimum atomic E-state index is -0.961. The van der Waals surface area contributed by atoms with E-state index in [2.05, 4.69) is 4.98 Å². The number of nitro groups is 1. The number of rotatable bonds is 7. The number of para-hydroxylation sites is 2. The van der Waals surface area contributed by atoms with Crippen LogP contribution in [-0.2, 0) is 11.3 Å². The van der Waals surface area contributed by atoms with E-state index in [-0.39, 0.29) is 22.3 Å². The van der Waals surface area contributed by atoms with Gasteiger partial charge in [-0.25, -0.2) is 15.0 Å². The number of aryl methyl sites for hydroxylation is 1. The Morgan fingerprint density at radius 1 is 1.09 bits per heavy atom. The van der Waals surface area contributed by atoms with Crippen molar-refractivity contribution in [3.8, 4) is 5.69 Å². The van der Waals surface area contributed by atoms with Gasteiger partial charge in [-0.1, -0.05) is 12.1 Å². The zero-order valence-corrected chi connectivity index (χ0v) is 19.1. The summed E-state index contributed by atoms with van der Waals surface area (Å²) in [5, 5.41) is 11.6. The molecule has 0 aliphatic rings. The van der Waals surface area contributed by atoms with Gasteiger partial charge >= 0.3 is 5.69 Å². The van der Waals surface area contributed by atoms with Crippen LogP contribution in [0.15, 0.2) is 47.3 Å². The van der Waals surface area contributed by atoms with Gasteiger partial charge in [0.25, 0.3) is 5.56 Å². The van der Waals surface area contributed by atoms with Crippen molar-refractivity contribution in [3.05, 3.63) is 74.6 Å². The summed E-state index contributed by atoms with van der Waals surface area (Å²) in [6.45, 7) is 5.12. The molecule has 0 aliphatic heterocycles. The molecule has 0 bridgehead atoms. The maximum absolute atomic E-state index is 14.1. The molecule has 0 saturated heterocycles. The third kappa shape index (κ3) is 3.79. The van der Waals surface area contributed by atoms with Crippen LogP contribution in [0.1, 0.15) is 19.2 Å². The zero-order valence-electron chi connectivity index (χ0n) is 19.1. The van der Waals surface area contributed by atoms with Gasteiger partial charge < -0.3 is 4.74 Å². The van der Waals surface area contributed by atoms with Gasteiger partial charge in [0.05, 0.1) is 21.6 Å². The molecule has 0 saturated carbocycles. The van der Waals surface area contributed by atoms with Crippen LogP contribution in [0.5, 0.6) is 0 Å². The highest BCUT2D eigenvalue weighted by Gasteiger charge is 2.24. The molecule has 0 radical (unpaired) electrons. The summed E-state index contributed by atoms with van der Waals surface area (Å²) < 4.78 is 22.6. The van der Waals surface area contributed by atoms with Crippen molar-refractivity contribution < 1.29 is 14.1 Å². The molecule has 0 fully saturated rings. The number of nitrogens with zero attached hydrogens (tertiary/aromatic N) is 6. The first kappa shape index (κ1) is 22.5. The minimum Gasteiger partial charge on any atom is -0.382 e. The van der Waals surface area contributed by atoms with Crippen LogP contribution in [0, 0.1) is 22.9 Å². The average Bonchev–Trinajstić information content (AvgIpc) is 3.15. The zero-order chi connectivity index (χ0) is 24.7. The van der Waals surface area contributed by atoms with Crippen LogP contribution in [0.4, 0.5) is 10.1 Å². The van der Waals surface area contributed by atoms with Crippen molar-refractivity contribution in [3.63, 3.8) is 0 Å². The molecular weight excluding hydrogens is 455 g/mol. The van der Waals surface area contributed by atoms with Crippen molar-refractivity contribution in [2.75, 3.05) is 13.2 Å². The first-order valence-corrected chi connectivity index (χ1v) is 11.1. The lowest BCUT2D eigenvalue weighted by molar-refractivity contribution is -0.387. The SMILES string of the molecule is CCOCCCn1c(C)nc2c(c1=O)c1nc3ccccc3nc1n2-c1ccc(F)c([N+](=O)[O-])c1. The van der Waals surface area contributed by atoms with Crippen molar-refractivity contribution >= 4 is 38.9 Å². The molecule has 5 aromatic rings. The molecule has 11 heteroatoms. The Bertz CT molecular complexity index is 1680. The van der Waals surface area contributed by atoms with Crippen LogP contribution >= 0.6 is 0 Å². The largest absolute Gasteiger partial charge is 0.382 e. The molecule has 0 unspecified atom stereocenters. The van der Waals surface area contributed by atoms with Gasteiger partial charge in [0, 0.05) is 25.8 Å². The number of hydrogen-bond acceptors (Lipinski definition) is 7. The number of fused-ring (bicyclic) bond motifs is 4. The average molecular weight is 476 g/mol. The van der Waals surface area contributed by atoms with E-state index < -0.39 is 16.4 Å². The maximum atomic E-state index is 14.1. The van der Waals surface area contributed by atoms with E-state index in [0.717, 1.165) is 12.1 Å². The number of hydrogen-bond donors (Lipinski definition) is 0. The lowest BCUT2D eigenvalue weighted by Gasteiger charge is -2.11. The second kappa shape index (κ2) is 8.84. The van der Waals surface area contributed by atoms with Gasteiger partial charge in [-0.3, -0.25) is 24.0 Å². The molecule has 0 N–H and O–H groups in total. The van der Waals surface area contributed by atoms with Crippen LogP contribution in [-0.4, -0.2) is 42.2 Å². The lowest BCUT2D eigenvalue weighted by Crippen LogP contribution is -2.24. The van der Waals surface area contributed by atoms with Gasteiger partial charge in [-0.2, -0.15) is 4.39 Å². The van der Waals surface area contributed by atoms with Gasteiger partial charge in [-0.05, 0) is 44.5 Å². The molecule has 0 atom stereocenters. The number of halogens is 1. The highest BCUT2D eigenvalue weighted by Crippen LogP contribution is 2.30. The Hall–Kier alpha value is -4.25. The summed E-state index contributed by atoms with van der Waals surface area (Å²) in [6.07, 6.45) is 0.624. The predicted octanol–water partition coefficient (Wildman–Crippen LogP) is 4.07. The van der Waals surface area contributed by atoms with Crippen molar-refractivity contribution in [1.82, 2.24) is 24.1 Å². The second-order valence-electron chi connectivity index (χ2n) is 7.98. The Kier molecular flexibility index (Phi) is 5.69. The Balaban J connectivity index is 1.85. The molecular formula is C24H21FN6O4. The maximum Gasteiger partial charge on any atom is 0.306 e. The fourth-order valence-electron chi connectivity index (χ4n) is 4.19. The monoisotopic (exact) mass is 476 g/mol. The Morgan fingerprint density at radius 2 is 1.83 bits per heavy atom. The topological polar surface area (TPSA) is 118 Å². The van der Waals surface area contributed by atoms with Crippen LogP contribution < -0.4 is 5.56 Å². The summed E-state index contributed by atoms with van der Waals surface area (Å²) in [4.78, 5) is 38.4. The third-order valence-electron chi connectivity index (χ3n) is 5.81. The molecule has 3 heterocycles. The van der Waals surface area contributed by atoms with E-state index in [1.807, 2.05) is 19.1 Å². The molecule has 178 valence electrons. The van der Waals surface area contributed by atoms with Gasteiger partial charge in [0.1, 0.15) is 16.7 Å². The molecule has 0 spiro atoms. The van der Waals surface area contributed by atoms with Crippen LogP contribution in [0.25, 0.3) is 38.9 Å². The normalized spacial score (nSPS) is 11.6. The van der Waals surface area contributed by atoms with E-state index in [9.17, 15) is 19.3 Å². The highest BCUT2D eigenvalue weighted by atomic mass is 19.1. The predicted molar refractivity (Wildman–Crippen MR) is 128 cm³/mol. The number of benzene rings is 2. The molecule has 5 rings (SSSR count). The molecule has 10 nitrogen and oxygen atoms in total. The number of nitro benzene ring substituents is 1. The third-order valence-corrected chi connectivity index (χ3v) is 5.81. The Labute approximate surface area is 197 Å². The van der Waals surface area contributed by atoms with E-state index >= 15 is 0 Å². The van der Waals surface area contributed by atoms with Gasteiger partial charge in [0.2, 0.25) is 5.82 Å². The molecule has 2 aromatic carbocycles. The summed E-state index contributed by atoms with van der Waals surface area (Å²) in [5.74, 6) is -0.499. The highest BCUT2D eigenvalue weighted by molar-refractivity contribution is 6.05. The first-order chi connectivity index (χ1) is 16.9. The summed E-state index contributed by atoms with van der Waals surface area (Å²) >= 11 is 0. The summed E-state index contributed by atoms with van der Waals surface area (Å²) in [6, 6.07) is 10.7. The van der Waals surface area contributed by atoms with Crippen molar-refractivity contribution in [1.29, 1.82) is 0 Å². The summed E-state index contributed by atoms with van der Waals surface area (Å²) in [5.41, 5.74) is 1.31. The molecule has 3 aromatic heterocycles. The van der Waals surface area contributed by atoms with Crippen LogP contribution in [0.3, 0.4) is 0 Å². The van der Waals surface area contributed by atoms with E-state index in [4.69, 9.17) is 14.7 Å². The first-order valence-electron chi connectivity index (χ1n) is 11.1.